The molecule has 0 radical (unpaired) electrons. The Morgan fingerprint density at radius 3 is 2.39 bits per heavy atom. The van der Waals surface area contributed by atoms with Gasteiger partial charge in [0.25, 0.3) is 15.6 Å². The number of rotatable bonds is 10. The van der Waals surface area contributed by atoms with Crippen molar-refractivity contribution in [3.05, 3.63) is 97.2 Å². The second-order valence-electron chi connectivity index (χ2n) is 10.8. The average Bonchev–Trinajstić information content (AvgIpc) is 3.21. The van der Waals surface area contributed by atoms with E-state index < -0.39 is 33.0 Å². The van der Waals surface area contributed by atoms with Gasteiger partial charge in [0.05, 0.1) is 18.7 Å². The molecule has 0 spiro atoms. The predicted molar refractivity (Wildman–Crippen MR) is 165 cm³/mol. The van der Waals surface area contributed by atoms with Crippen LogP contribution in [0.3, 0.4) is 0 Å². The number of carbonyl (C=O) groups is 1. The van der Waals surface area contributed by atoms with E-state index >= 15 is 0 Å². The number of hydrogen-bond donors (Lipinski definition) is 3. The van der Waals surface area contributed by atoms with E-state index in [0.717, 1.165) is 23.8 Å². The molecule has 0 atom stereocenters. The number of nitrogens with one attached hydrogen (secondary N) is 2. The monoisotopic (exact) mass is 643 g/mol. The van der Waals surface area contributed by atoms with Gasteiger partial charge in [-0.1, -0.05) is 48.4 Å². The first kappa shape index (κ1) is 31.0. The number of carbonyl (C=O) groups excluding carboxylic acids is 1. The zero-order chi connectivity index (χ0) is 31.8. The third kappa shape index (κ3) is 6.26. The van der Waals surface area contributed by atoms with Crippen molar-refractivity contribution < 1.29 is 17.6 Å². The number of anilines is 3. The maximum atomic E-state index is 14.4. The van der Waals surface area contributed by atoms with E-state index in [1.54, 1.807) is 18.2 Å². The summed E-state index contributed by atoms with van der Waals surface area (Å²) in [5.74, 6) is -1.13. The molecule has 15 heteroatoms. The van der Waals surface area contributed by atoms with Gasteiger partial charge in [-0.3, -0.25) is 28.1 Å². The molecular weight excluding hydrogens is 613 g/mol. The summed E-state index contributed by atoms with van der Waals surface area (Å²) in [6.45, 7) is 1.47. The lowest BCUT2D eigenvalue weighted by molar-refractivity contribution is -0.115. The van der Waals surface area contributed by atoms with Crippen LogP contribution < -0.4 is 27.0 Å². The minimum absolute atomic E-state index is 0.0328. The molecule has 0 bridgehead atoms. The van der Waals surface area contributed by atoms with Crippen LogP contribution in [0, 0.1) is 18.7 Å². The number of nitrogens with zero attached hydrogens (tertiary/aromatic N) is 4. The smallest absolute Gasteiger partial charge is 0.332 e. The Labute approximate surface area is 257 Å². The molecule has 4 aromatic rings. The molecule has 5 rings (SSSR count). The third-order valence-corrected chi connectivity index (χ3v) is 9.70. The van der Waals surface area contributed by atoms with E-state index in [1.165, 1.54) is 53.6 Å². The van der Waals surface area contributed by atoms with Crippen molar-refractivity contribution >= 4 is 44.7 Å². The Kier molecular flexibility index (Phi) is 8.66. The molecule has 12 nitrogen and oxygen atoms in total. The molecule has 1 fully saturated rings. The predicted octanol–water partition coefficient (Wildman–Crippen LogP) is 3.26. The molecule has 44 heavy (non-hydrogen) atoms. The standard InChI is InChI=1S/C29H31ClFN7O5S/c1-17-25(26(30)36(2)34-17)44(42,43)35-21-12-10-18(11-13-21)14-23(39)33-24-27(32)37(15-19-6-5-7-19)29(41)38(28(24)40)16-20-8-3-4-9-22(20)31/h3-4,8-13,19,35H,5-7,14-16,32H2,1-2H3,(H,33,39). The van der Waals surface area contributed by atoms with Crippen molar-refractivity contribution in [3.63, 3.8) is 0 Å². The van der Waals surface area contributed by atoms with Crippen LogP contribution in [0.2, 0.25) is 5.15 Å². The van der Waals surface area contributed by atoms with Crippen LogP contribution >= 0.6 is 11.6 Å². The summed E-state index contributed by atoms with van der Waals surface area (Å²) >= 11 is 6.12. The molecule has 1 aliphatic rings. The number of hydrogen-bond acceptors (Lipinski definition) is 7. The summed E-state index contributed by atoms with van der Waals surface area (Å²) in [6, 6.07) is 11.9. The van der Waals surface area contributed by atoms with E-state index in [2.05, 4.69) is 15.1 Å². The second-order valence-corrected chi connectivity index (χ2v) is 12.8. The lowest BCUT2D eigenvalue weighted by Crippen LogP contribution is -2.44. The lowest BCUT2D eigenvalue weighted by Gasteiger charge is -2.27. The summed E-state index contributed by atoms with van der Waals surface area (Å²) in [5, 5.41) is 6.54. The summed E-state index contributed by atoms with van der Waals surface area (Å²) < 4.78 is 46.0. The SMILES string of the molecule is Cc1nn(C)c(Cl)c1S(=O)(=O)Nc1ccc(CC(=O)Nc2c(N)n(CC3CCC3)c(=O)n(Cc3ccccc3F)c2=O)cc1. The van der Waals surface area contributed by atoms with Crippen LogP contribution in [0.25, 0.3) is 0 Å². The molecule has 0 unspecified atom stereocenters. The minimum Gasteiger partial charge on any atom is -0.383 e. The first-order chi connectivity index (χ1) is 20.9. The zero-order valence-corrected chi connectivity index (χ0v) is 25.6. The molecule has 1 saturated carbocycles. The fraction of sp³-hybridized carbons (Fsp3) is 0.310. The van der Waals surface area contributed by atoms with Crippen LogP contribution in [0.4, 0.5) is 21.6 Å². The van der Waals surface area contributed by atoms with Crippen molar-refractivity contribution in [1.82, 2.24) is 18.9 Å². The van der Waals surface area contributed by atoms with Gasteiger partial charge in [-0.2, -0.15) is 5.10 Å². The van der Waals surface area contributed by atoms with Gasteiger partial charge in [-0.05, 0) is 49.4 Å². The largest absolute Gasteiger partial charge is 0.383 e. The summed E-state index contributed by atoms with van der Waals surface area (Å²) in [5.41, 5.74) is 5.61. The molecule has 232 valence electrons. The minimum atomic E-state index is -4.03. The van der Waals surface area contributed by atoms with Crippen LogP contribution in [-0.4, -0.2) is 33.2 Å². The zero-order valence-electron chi connectivity index (χ0n) is 24.0. The highest BCUT2D eigenvalue weighted by atomic mass is 35.5. The number of nitrogen functional groups attached to an aromatic ring is 1. The number of benzene rings is 2. The highest BCUT2D eigenvalue weighted by molar-refractivity contribution is 7.92. The van der Waals surface area contributed by atoms with Gasteiger partial charge >= 0.3 is 5.69 Å². The lowest BCUT2D eigenvalue weighted by atomic mass is 9.85. The van der Waals surface area contributed by atoms with Crippen molar-refractivity contribution in [2.75, 3.05) is 15.8 Å². The Balaban J connectivity index is 1.37. The topological polar surface area (TPSA) is 163 Å². The maximum Gasteiger partial charge on any atom is 0.332 e. The van der Waals surface area contributed by atoms with E-state index in [0.29, 0.717) is 5.56 Å². The highest BCUT2D eigenvalue weighted by Gasteiger charge is 2.26. The third-order valence-electron chi connectivity index (χ3n) is 7.62. The van der Waals surface area contributed by atoms with Crippen LogP contribution in [0.15, 0.2) is 63.0 Å². The Bertz CT molecular complexity index is 1970. The molecule has 4 N–H and O–H groups in total. The summed E-state index contributed by atoms with van der Waals surface area (Å²) in [6.07, 6.45) is 2.64. The fourth-order valence-electron chi connectivity index (χ4n) is 5.06. The van der Waals surface area contributed by atoms with Gasteiger partial charge in [0.2, 0.25) is 5.91 Å². The Morgan fingerprint density at radius 2 is 1.80 bits per heavy atom. The molecule has 2 aromatic heterocycles. The van der Waals surface area contributed by atoms with Gasteiger partial charge < -0.3 is 11.1 Å². The Morgan fingerprint density at radius 1 is 1.11 bits per heavy atom. The van der Waals surface area contributed by atoms with E-state index in [1.807, 2.05) is 0 Å². The average molecular weight is 644 g/mol. The summed E-state index contributed by atoms with van der Waals surface area (Å²) in [4.78, 5) is 39.7. The van der Waals surface area contributed by atoms with Crippen molar-refractivity contribution in [2.24, 2.45) is 13.0 Å². The van der Waals surface area contributed by atoms with Crippen molar-refractivity contribution in [3.8, 4) is 0 Å². The number of amides is 1. The van der Waals surface area contributed by atoms with E-state index in [4.69, 9.17) is 17.3 Å². The quantitative estimate of drug-likeness (QED) is 0.239. The highest BCUT2D eigenvalue weighted by Crippen LogP contribution is 2.29. The van der Waals surface area contributed by atoms with Gasteiger partial charge in [-0.25, -0.2) is 17.6 Å². The van der Waals surface area contributed by atoms with Gasteiger partial charge in [-0.15, -0.1) is 0 Å². The van der Waals surface area contributed by atoms with Gasteiger partial charge in [0.15, 0.2) is 0 Å². The molecule has 2 aromatic carbocycles. The fourth-order valence-corrected chi connectivity index (χ4v) is 6.87. The number of nitrogens with two attached hydrogens (primary N) is 1. The number of halogens is 2. The number of sulfonamides is 1. The summed E-state index contributed by atoms with van der Waals surface area (Å²) in [7, 11) is -2.50. The first-order valence-corrected chi connectivity index (χ1v) is 15.7. The van der Waals surface area contributed by atoms with Crippen LogP contribution in [0.1, 0.15) is 36.1 Å². The van der Waals surface area contributed by atoms with Gasteiger partial charge in [0.1, 0.15) is 27.4 Å². The van der Waals surface area contributed by atoms with Crippen LogP contribution in [0.5, 0.6) is 0 Å². The Hall–Kier alpha value is -4.43. The second kappa shape index (κ2) is 12.3. The molecule has 0 saturated heterocycles. The normalized spacial score (nSPS) is 13.5. The number of aryl methyl sites for hydroxylation is 2. The molecule has 2 heterocycles. The van der Waals surface area contributed by atoms with Crippen molar-refractivity contribution in [1.29, 1.82) is 0 Å². The number of aromatic nitrogens is 4. The molecule has 0 aliphatic heterocycles. The molecule has 1 aliphatic carbocycles. The van der Waals surface area contributed by atoms with E-state index in [9.17, 15) is 27.2 Å². The van der Waals surface area contributed by atoms with Gasteiger partial charge in [0, 0.05) is 24.8 Å². The van der Waals surface area contributed by atoms with E-state index in [-0.39, 0.29) is 63.9 Å². The molecular formula is C29H31ClFN7O5S. The maximum absolute atomic E-state index is 14.4. The van der Waals surface area contributed by atoms with Crippen molar-refractivity contribution in [2.45, 2.75) is 50.6 Å². The van der Waals surface area contributed by atoms with Crippen LogP contribution in [-0.2, 0) is 41.4 Å². The first-order valence-electron chi connectivity index (χ1n) is 13.8. The molecule has 1 amide bonds.